The second-order valence-corrected chi connectivity index (χ2v) is 1.52. The Balaban J connectivity index is 4.00. The molecule has 0 amide bonds. The Hall–Kier alpha value is -1.29. The lowest BCUT2D eigenvalue weighted by Gasteiger charge is -1.87. The molecule has 46 valence electrons. The first-order chi connectivity index (χ1) is 4.35. The van der Waals surface area contributed by atoms with Gasteiger partial charge in [-0.25, -0.2) is 0 Å². The minimum atomic E-state index is 0.412. The maximum Gasteiger partial charge on any atom is 0.0669 e. The van der Waals surface area contributed by atoms with Crippen molar-refractivity contribution in [2.24, 2.45) is 0 Å². The normalized spacial score (nSPS) is 9.89. The summed E-state index contributed by atoms with van der Waals surface area (Å²) in [6.07, 6.45) is 5.49. The molecule has 0 aromatic heterocycles. The average molecular weight is 119 g/mol. The van der Waals surface area contributed by atoms with Crippen LogP contribution in [0.3, 0.4) is 0 Å². The number of rotatable bonds is 3. The van der Waals surface area contributed by atoms with Crippen LogP contribution in [0.2, 0.25) is 0 Å². The third kappa shape index (κ3) is 3.31. The maximum absolute atomic E-state index is 8.22. The van der Waals surface area contributed by atoms with Crippen molar-refractivity contribution in [1.29, 1.82) is 5.26 Å². The van der Waals surface area contributed by atoms with Crippen LogP contribution in [0.15, 0.2) is 37.0 Å². The summed E-state index contributed by atoms with van der Waals surface area (Å²) in [5.41, 5.74) is 0.910. The average Bonchev–Trinajstić information content (AvgIpc) is 1.88. The Kier molecular flexibility index (Phi) is 4.16. The van der Waals surface area contributed by atoms with Crippen LogP contribution in [-0.2, 0) is 0 Å². The van der Waals surface area contributed by atoms with Crippen molar-refractivity contribution in [3.63, 3.8) is 0 Å². The quantitative estimate of drug-likeness (QED) is 0.522. The zero-order valence-corrected chi connectivity index (χ0v) is 5.30. The SMILES string of the molecule is C=CC=C(C=C)CC#N. The van der Waals surface area contributed by atoms with E-state index in [9.17, 15) is 0 Å². The highest BCUT2D eigenvalue weighted by atomic mass is 14.2. The predicted molar refractivity (Wildman–Crippen MR) is 38.7 cm³/mol. The number of nitriles is 1. The van der Waals surface area contributed by atoms with Crippen LogP contribution in [0.5, 0.6) is 0 Å². The summed E-state index contributed by atoms with van der Waals surface area (Å²) in [5, 5.41) is 8.22. The summed E-state index contributed by atoms with van der Waals surface area (Å²) in [5.74, 6) is 0. The largest absolute Gasteiger partial charge is 0.198 e. The van der Waals surface area contributed by atoms with Gasteiger partial charge in [-0.3, -0.25) is 0 Å². The molecule has 0 heterocycles. The van der Waals surface area contributed by atoms with Gasteiger partial charge in [0, 0.05) is 0 Å². The predicted octanol–water partition coefficient (Wildman–Crippen LogP) is 2.20. The third-order valence-electron chi connectivity index (χ3n) is 0.877. The minimum absolute atomic E-state index is 0.412. The molecule has 0 aliphatic heterocycles. The van der Waals surface area contributed by atoms with Gasteiger partial charge in [0.2, 0.25) is 0 Å². The van der Waals surface area contributed by atoms with Crippen molar-refractivity contribution in [3.05, 3.63) is 37.0 Å². The van der Waals surface area contributed by atoms with Gasteiger partial charge in [-0.05, 0) is 5.57 Å². The molecule has 0 fully saturated rings. The first-order valence-electron chi connectivity index (χ1n) is 2.66. The molecule has 0 saturated carbocycles. The highest BCUT2D eigenvalue weighted by Crippen LogP contribution is 1.99. The molecular formula is C8H9N. The third-order valence-corrected chi connectivity index (χ3v) is 0.877. The lowest BCUT2D eigenvalue weighted by molar-refractivity contribution is 1.28. The fraction of sp³-hybridized carbons (Fsp3) is 0.125. The van der Waals surface area contributed by atoms with Gasteiger partial charge in [-0.2, -0.15) is 5.26 Å². The summed E-state index contributed by atoms with van der Waals surface area (Å²) in [6, 6.07) is 2.02. The fourth-order valence-electron chi connectivity index (χ4n) is 0.442. The highest BCUT2D eigenvalue weighted by Gasteiger charge is 1.84. The van der Waals surface area contributed by atoms with E-state index in [-0.39, 0.29) is 0 Å². The molecule has 0 aromatic rings. The Bertz CT molecular complexity index is 169. The molecule has 0 bridgehead atoms. The van der Waals surface area contributed by atoms with Crippen LogP contribution < -0.4 is 0 Å². The molecule has 1 heteroatoms. The summed E-state index contributed by atoms with van der Waals surface area (Å²) in [7, 11) is 0. The Morgan fingerprint density at radius 3 is 2.56 bits per heavy atom. The molecule has 0 atom stereocenters. The molecule has 0 saturated heterocycles. The second-order valence-electron chi connectivity index (χ2n) is 1.52. The highest BCUT2D eigenvalue weighted by molar-refractivity contribution is 5.23. The summed E-state index contributed by atoms with van der Waals surface area (Å²) in [4.78, 5) is 0. The zero-order chi connectivity index (χ0) is 7.11. The van der Waals surface area contributed by atoms with E-state index in [1.807, 2.05) is 6.07 Å². The molecule has 0 spiro atoms. The Morgan fingerprint density at radius 2 is 2.22 bits per heavy atom. The minimum Gasteiger partial charge on any atom is -0.198 e. The van der Waals surface area contributed by atoms with Crippen LogP contribution in [0.25, 0.3) is 0 Å². The lowest BCUT2D eigenvalue weighted by Crippen LogP contribution is -1.71. The van der Waals surface area contributed by atoms with Crippen LogP contribution >= 0.6 is 0 Å². The smallest absolute Gasteiger partial charge is 0.0669 e. The van der Waals surface area contributed by atoms with Gasteiger partial charge >= 0.3 is 0 Å². The van der Waals surface area contributed by atoms with Gasteiger partial charge in [-0.15, -0.1) is 0 Å². The van der Waals surface area contributed by atoms with E-state index in [4.69, 9.17) is 5.26 Å². The van der Waals surface area contributed by atoms with Crippen molar-refractivity contribution < 1.29 is 0 Å². The first-order valence-corrected chi connectivity index (χ1v) is 2.66. The van der Waals surface area contributed by atoms with Gasteiger partial charge in [0.1, 0.15) is 0 Å². The van der Waals surface area contributed by atoms with E-state index in [0.29, 0.717) is 6.42 Å². The van der Waals surface area contributed by atoms with Crippen molar-refractivity contribution in [3.8, 4) is 6.07 Å². The topological polar surface area (TPSA) is 23.8 Å². The van der Waals surface area contributed by atoms with Crippen molar-refractivity contribution in [2.75, 3.05) is 0 Å². The second kappa shape index (κ2) is 4.86. The van der Waals surface area contributed by atoms with Crippen LogP contribution in [0.1, 0.15) is 6.42 Å². The van der Waals surface area contributed by atoms with E-state index in [1.54, 1.807) is 18.2 Å². The van der Waals surface area contributed by atoms with Crippen molar-refractivity contribution in [1.82, 2.24) is 0 Å². The molecule has 0 N–H and O–H groups in total. The summed E-state index contributed by atoms with van der Waals surface area (Å²) < 4.78 is 0. The molecule has 0 radical (unpaired) electrons. The Labute approximate surface area is 55.6 Å². The van der Waals surface area contributed by atoms with Gasteiger partial charge in [0.25, 0.3) is 0 Å². The number of hydrogen-bond donors (Lipinski definition) is 0. The van der Waals surface area contributed by atoms with E-state index in [0.717, 1.165) is 5.57 Å². The molecule has 0 unspecified atom stereocenters. The Morgan fingerprint density at radius 1 is 1.56 bits per heavy atom. The summed E-state index contributed by atoms with van der Waals surface area (Å²) >= 11 is 0. The van der Waals surface area contributed by atoms with Crippen molar-refractivity contribution >= 4 is 0 Å². The fourth-order valence-corrected chi connectivity index (χ4v) is 0.442. The molecule has 0 aromatic carbocycles. The number of hydrogen-bond acceptors (Lipinski definition) is 1. The summed E-state index contributed by atoms with van der Waals surface area (Å²) in [6.45, 7) is 7.03. The van der Waals surface area contributed by atoms with E-state index < -0.39 is 0 Å². The van der Waals surface area contributed by atoms with Gasteiger partial charge in [0.05, 0.1) is 12.5 Å². The number of allylic oxidation sites excluding steroid dienone is 4. The first kappa shape index (κ1) is 7.71. The molecule has 0 aliphatic rings. The van der Waals surface area contributed by atoms with E-state index >= 15 is 0 Å². The van der Waals surface area contributed by atoms with Crippen LogP contribution in [0.4, 0.5) is 0 Å². The molecular weight excluding hydrogens is 110 g/mol. The van der Waals surface area contributed by atoms with E-state index in [1.165, 1.54) is 0 Å². The molecule has 1 nitrogen and oxygen atoms in total. The van der Waals surface area contributed by atoms with Gasteiger partial charge in [-0.1, -0.05) is 31.4 Å². The zero-order valence-electron chi connectivity index (χ0n) is 5.30. The van der Waals surface area contributed by atoms with Gasteiger partial charge in [0.15, 0.2) is 0 Å². The van der Waals surface area contributed by atoms with E-state index in [2.05, 4.69) is 13.2 Å². The number of nitrogens with zero attached hydrogens (tertiary/aromatic N) is 1. The van der Waals surface area contributed by atoms with Crippen LogP contribution in [-0.4, -0.2) is 0 Å². The molecule has 9 heavy (non-hydrogen) atoms. The molecule has 0 aliphatic carbocycles. The molecule has 0 rings (SSSR count). The maximum atomic E-state index is 8.22. The van der Waals surface area contributed by atoms with Crippen LogP contribution in [0, 0.1) is 11.3 Å². The standard InChI is InChI=1S/C8H9N/c1-3-5-8(4-2)6-7-9/h3-5H,1-2,6H2. The van der Waals surface area contributed by atoms with Gasteiger partial charge < -0.3 is 0 Å². The monoisotopic (exact) mass is 119 g/mol. The lowest BCUT2D eigenvalue weighted by atomic mass is 10.2. The van der Waals surface area contributed by atoms with Crippen molar-refractivity contribution in [2.45, 2.75) is 6.42 Å².